The highest BCUT2D eigenvalue weighted by molar-refractivity contribution is 7.22. The van der Waals surface area contributed by atoms with E-state index in [1.807, 2.05) is 0 Å². The second kappa shape index (κ2) is 7.23. The van der Waals surface area contributed by atoms with E-state index in [9.17, 15) is 14.7 Å². The molecule has 4 heterocycles. The maximum Gasteiger partial charge on any atom is 0.291 e. The van der Waals surface area contributed by atoms with Crippen LogP contribution in [0, 0.1) is 0 Å². The molecule has 144 valence electrons. The number of fused-ring (bicyclic) bond motifs is 3. The summed E-state index contributed by atoms with van der Waals surface area (Å²) in [7, 11) is 0. The average molecular weight is 410 g/mol. The van der Waals surface area contributed by atoms with Gasteiger partial charge in [-0.1, -0.05) is 11.6 Å². The van der Waals surface area contributed by atoms with Gasteiger partial charge in [0, 0.05) is 12.6 Å². The van der Waals surface area contributed by atoms with E-state index in [0.717, 1.165) is 40.8 Å². The predicted molar refractivity (Wildman–Crippen MR) is 105 cm³/mol. The van der Waals surface area contributed by atoms with E-state index in [1.165, 1.54) is 11.3 Å². The molecular weight excluding hydrogens is 390 g/mol. The third-order valence-electron chi connectivity index (χ3n) is 4.69. The number of nitrogens with zero attached hydrogens (tertiary/aromatic N) is 3. The molecule has 2 atom stereocenters. The minimum atomic E-state index is -0.917. The molecule has 3 N–H and O–H groups in total. The Bertz CT molecular complexity index is 1060. The van der Waals surface area contributed by atoms with E-state index in [1.54, 1.807) is 23.5 Å². The van der Waals surface area contributed by atoms with E-state index in [-0.39, 0.29) is 24.1 Å². The molecule has 10 heteroatoms. The van der Waals surface area contributed by atoms with Crippen LogP contribution in [0.4, 0.5) is 0 Å². The Labute approximate surface area is 163 Å². The number of aliphatic hydroxyl groups is 1. The lowest BCUT2D eigenvalue weighted by Gasteiger charge is -2.23. The summed E-state index contributed by atoms with van der Waals surface area (Å²) in [4.78, 5) is 25.3. The van der Waals surface area contributed by atoms with Gasteiger partial charge in [-0.25, -0.2) is 4.68 Å². The van der Waals surface area contributed by atoms with Crippen LogP contribution in [-0.4, -0.2) is 44.3 Å². The number of piperidine rings is 1. The Morgan fingerprint density at radius 1 is 1.52 bits per heavy atom. The zero-order chi connectivity index (χ0) is 19.1. The van der Waals surface area contributed by atoms with Crippen molar-refractivity contribution in [2.45, 2.75) is 38.5 Å². The smallest absolute Gasteiger partial charge is 0.291 e. The fraction of sp³-hybridized carbons (Fsp3) is 0.471. The highest BCUT2D eigenvalue weighted by Gasteiger charge is 2.21. The largest absolute Gasteiger partial charge is 0.385 e. The minimum absolute atomic E-state index is 0.0581. The minimum Gasteiger partial charge on any atom is -0.385 e. The molecule has 3 aromatic rings. The second-order valence-corrected chi connectivity index (χ2v) is 8.49. The van der Waals surface area contributed by atoms with Crippen LogP contribution in [0.3, 0.4) is 0 Å². The van der Waals surface area contributed by atoms with Gasteiger partial charge in [0.1, 0.15) is 18.2 Å². The zero-order valence-electron chi connectivity index (χ0n) is 14.7. The maximum absolute atomic E-state index is 12.9. The molecule has 1 aliphatic rings. The van der Waals surface area contributed by atoms with E-state index >= 15 is 0 Å². The lowest BCUT2D eigenvalue weighted by molar-refractivity contribution is -0.122. The van der Waals surface area contributed by atoms with Crippen LogP contribution in [0.5, 0.6) is 0 Å². The molecule has 27 heavy (non-hydrogen) atoms. The first-order valence-corrected chi connectivity index (χ1v) is 10.0. The number of halogens is 1. The van der Waals surface area contributed by atoms with Crippen LogP contribution in [-0.2, 0) is 11.3 Å². The summed E-state index contributed by atoms with van der Waals surface area (Å²) in [5.41, 5.74) is 0.715. The van der Waals surface area contributed by atoms with Gasteiger partial charge in [-0.15, -0.1) is 11.3 Å². The monoisotopic (exact) mass is 409 g/mol. The molecule has 4 rings (SSSR count). The molecule has 1 aliphatic heterocycles. The van der Waals surface area contributed by atoms with E-state index in [0.29, 0.717) is 15.7 Å². The Morgan fingerprint density at radius 2 is 2.33 bits per heavy atom. The number of carbonyl (C=O) groups is 1. The average Bonchev–Trinajstić information content (AvgIpc) is 3.14. The third-order valence-corrected chi connectivity index (χ3v) is 5.89. The number of rotatable bonds is 4. The Hall–Kier alpha value is -1.94. The van der Waals surface area contributed by atoms with Crippen LogP contribution in [0.1, 0.15) is 31.7 Å². The number of thiophene rings is 1. The first-order valence-electron chi connectivity index (χ1n) is 8.83. The van der Waals surface area contributed by atoms with Crippen LogP contribution < -0.4 is 16.2 Å². The van der Waals surface area contributed by atoms with Crippen molar-refractivity contribution in [2.24, 2.45) is 0 Å². The zero-order valence-corrected chi connectivity index (χ0v) is 16.3. The Balaban J connectivity index is 1.71. The van der Waals surface area contributed by atoms with E-state index in [2.05, 4.69) is 15.7 Å². The third kappa shape index (κ3) is 3.47. The molecule has 8 nitrogen and oxygen atoms in total. The highest BCUT2D eigenvalue weighted by atomic mass is 35.5. The molecule has 0 saturated carbocycles. The fourth-order valence-electron chi connectivity index (χ4n) is 3.47. The maximum atomic E-state index is 12.9. The number of hydrogen-bond donors (Lipinski definition) is 3. The van der Waals surface area contributed by atoms with Crippen molar-refractivity contribution in [3.63, 3.8) is 0 Å². The van der Waals surface area contributed by atoms with Gasteiger partial charge in [0.15, 0.2) is 5.82 Å². The lowest BCUT2D eigenvalue weighted by atomic mass is 10.1. The van der Waals surface area contributed by atoms with Gasteiger partial charge in [-0.2, -0.15) is 5.10 Å². The fourth-order valence-corrected chi connectivity index (χ4v) is 4.63. The molecule has 1 fully saturated rings. The molecule has 0 bridgehead atoms. The first kappa shape index (κ1) is 18.4. The van der Waals surface area contributed by atoms with Gasteiger partial charge >= 0.3 is 0 Å². The Morgan fingerprint density at radius 3 is 3.04 bits per heavy atom. The van der Waals surface area contributed by atoms with Gasteiger partial charge < -0.3 is 15.7 Å². The number of amides is 1. The van der Waals surface area contributed by atoms with Crippen molar-refractivity contribution in [1.82, 2.24) is 24.8 Å². The van der Waals surface area contributed by atoms with Crippen molar-refractivity contribution in [3.8, 4) is 0 Å². The van der Waals surface area contributed by atoms with Gasteiger partial charge in [0.05, 0.1) is 14.6 Å². The number of nitrogens with one attached hydrogen (secondary N) is 2. The molecule has 3 aromatic heterocycles. The van der Waals surface area contributed by atoms with Crippen LogP contribution in [0.25, 0.3) is 15.7 Å². The number of hydrogen-bond acceptors (Lipinski definition) is 6. The van der Waals surface area contributed by atoms with Crippen molar-refractivity contribution in [1.29, 1.82) is 0 Å². The SMILES string of the molecule is CC(O)c1nn(CC(=O)N[C@@H]2CCCNC2)c(=O)c2cc3sc(Cl)cc3n12. The van der Waals surface area contributed by atoms with Crippen molar-refractivity contribution >= 4 is 44.6 Å². The molecule has 0 aliphatic carbocycles. The molecular formula is C17H20ClN5O3S. The molecule has 1 saturated heterocycles. The predicted octanol–water partition coefficient (Wildman–Crippen LogP) is 1.29. The summed E-state index contributed by atoms with van der Waals surface area (Å²) in [6.45, 7) is 3.06. The summed E-state index contributed by atoms with van der Waals surface area (Å²) in [6.07, 6.45) is 0.999. The molecule has 0 aromatic carbocycles. The van der Waals surface area contributed by atoms with Gasteiger partial charge in [0.2, 0.25) is 5.91 Å². The molecule has 0 radical (unpaired) electrons. The van der Waals surface area contributed by atoms with Gasteiger partial charge in [-0.05, 0) is 38.4 Å². The van der Waals surface area contributed by atoms with E-state index in [4.69, 9.17) is 11.6 Å². The highest BCUT2D eigenvalue weighted by Crippen LogP contribution is 2.32. The number of carbonyl (C=O) groups excluding carboxylic acids is 1. The second-order valence-electron chi connectivity index (χ2n) is 6.77. The quantitative estimate of drug-likeness (QED) is 0.602. The molecule has 1 amide bonds. The van der Waals surface area contributed by atoms with Crippen LogP contribution in [0.15, 0.2) is 16.9 Å². The summed E-state index contributed by atoms with van der Waals surface area (Å²) in [6, 6.07) is 3.53. The number of aliphatic hydroxyl groups excluding tert-OH is 1. The Kier molecular flexibility index (Phi) is 4.94. The van der Waals surface area contributed by atoms with Crippen LogP contribution >= 0.6 is 22.9 Å². The van der Waals surface area contributed by atoms with Crippen LogP contribution in [0.2, 0.25) is 4.34 Å². The topological polar surface area (TPSA) is 101 Å². The first-order chi connectivity index (χ1) is 12.9. The van der Waals surface area contributed by atoms with Crippen molar-refractivity contribution < 1.29 is 9.90 Å². The normalized spacial score (nSPS) is 18.9. The number of aromatic nitrogens is 3. The van der Waals surface area contributed by atoms with E-state index < -0.39 is 6.10 Å². The van der Waals surface area contributed by atoms with Gasteiger partial charge in [-0.3, -0.25) is 14.0 Å². The summed E-state index contributed by atoms with van der Waals surface area (Å²) in [5.74, 6) is 0.0248. The molecule has 0 spiro atoms. The lowest BCUT2D eigenvalue weighted by Crippen LogP contribution is -2.47. The standard InChI is InChI=1S/C17H20ClN5O3S/c1-9(24)16-21-22(8-15(25)20-10-3-2-4-19-7-10)17(26)12-5-13-11(23(12)16)6-14(18)27-13/h5-6,9-10,19,24H,2-4,7-8H2,1H3,(H,20,25)/t9?,10-/m1/s1. The molecule has 1 unspecified atom stereocenters. The summed E-state index contributed by atoms with van der Waals surface area (Å²) >= 11 is 7.42. The van der Waals surface area contributed by atoms with Crippen molar-refractivity contribution in [2.75, 3.05) is 13.1 Å². The summed E-state index contributed by atoms with van der Waals surface area (Å²) in [5, 5.41) is 20.6. The summed E-state index contributed by atoms with van der Waals surface area (Å²) < 4.78 is 4.16. The van der Waals surface area contributed by atoms with Crippen molar-refractivity contribution in [3.05, 3.63) is 32.6 Å². The van der Waals surface area contributed by atoms with Gasteiger partial charge in [0.25, 0.3) is 5.56 Å².